The summed E-state index contributed by atoms with van der Waals surface area (Å²) < 4.78 is 0. The van der Waals surface area contributed by atoms with Crippen LogP contribution in [0.1, 0.15) is 16.2 Å². The van der Waals surface area contributed by atoms with Crippen molar-refractivity contribution < 1.29 is 9.72 Å². The van der Waals surface area contributed by atoms with Crippen LogP contribution in [0, 0.1) is 17.0 Å². The molecule has 2 rings (SSSR count). The van der Waals surface area contributed by atoms with Gasteiger partial charge in [-0.1, -0.05) is 12.1 Å². The van der Waals surface area contributed by atoms with E-state index >= 15 is 0 Å². The molecule has 0 bridgehead atoms. The quantitative estimate of drug-likeness (QED) is 0.676. The smallest absolute Gasteiger partial charge is 0.274 e. The van der Waals surface area contributed by atoms with Crippen molar-refractivity contribution in [1.29, 1.82) is 0 Å². The van der Waals surface area contributed by atoms with Crippen LogP contribution in [0.2, 0.25) is 0 Å². The molecule has 1 heterocycles. The first-order valence-electron chi connectivity index (χ1n) is 5.56. The summed E-state index contributed by atoms with van der Waals surface area (Å²) in [6.07, 6.45) is 0. The number of pyridine rings is 1. The van der Waals surface area contributed by atoms with Gasteiger partial charge in [-0.2, -0.15) is 0 Å². The fourth-order valence-corrected chi connectivity index (χ4v) is 1.56. The fourth-order valence-electron chi connectivity index (χ4n) is 1.56. The molecule has 0 fully saturated rings. The lowest BCUT2D eigenvalue weighted by Gasteiger charge is -2.04. The molecule has 0 aliphatic carbocycles. The second-order valence-corrected chi connectivity index (χ2v) is 3.93. The van der Waals surface area contributed by atoms with E-state index in [9.17, 15) is 14.9 Å². The van der Waals surface area contributed by atoms with E-state index in [0.717, 1.165) is 5.69 Å². The van der Waals surface area contributed by atoms with Crippen LogP contribution in [0.5, 0.6) is 0 Å². The van der Waals surface area contributed by atoms with Gasteiger partial charge in [0.05, 0.1) is 4.92 Å². The van der Waals surface area contributed by atoms with Crippen molar-refractivity contribution in [2.24, 2.45) is 0 Å². The molecule has 2 aromatic rings. The molecule has 0 saturated heterocycles. The van der Waals surface area contributed by atoms with Gasteiger partial charge >= 0.3 is 0 Å². The van der Waals surface area contributed by atoms with Crippen LogP contribution in [-0.4, -0.2) is 15.8 Å². The van der Waals surface area contributed by atoms with Crippen molar-refractivity contribution in [1.82, 2.24) is 4.98 Å². The van der Waals surface area contributed by atoms with Gasteiger partial charge in [-0.05, 0) is 25.1 Å². The van der Waals surface area contributed by atoms with Gasteiger partial charge < -0.3 is 5.32 Å². The summed E-state index contributed by atoms with van der Waals surface area (Å²) >= 11 is 0. The number of non-ortho nitro benzene ring substituents is 1. The summed E-state index contributed by atoms with van der Waals surface area (Å²) in [5.74, 6) is -0.399. The molecule has 1 N–H and O–H groups in total. The van der Waals surface area contributed by atoms with Crippen molar-refractivity contribution >= 4 is 17.3 Å². The first kappa shape index (κ1) is 12.7. The Kier molecular flexibility index (Phi) is 3.51. The summed E-state index contributed by atoms with van der Waals surface area (Å²) in [7, 11) is 0. The largest absolute Gasteiger partial charge is 0.320 e. The highest BCUT2D eigenvalue weighted by atomic mass is 16.6. The lowest BCUT2D eigenvalue weighted by Crippen LogP contribution is -2.14. The molecule has 0 aliphatic heterocycles. The fraction of sp³-hybridized carbons (Fsp3) is 0.0769. The predicted molar refractivity (Wildman–Crippen MR) is 70.0 cm³/mol. The van der Waals surface area contributed by atoms with Gasteiger partial charge in [-0.15, -0.1) is 0 Å². The standard InChI is InChI=1S/C13H11N3O3/c1-9-4-2-7-12(14-9)13(17)15-10-5-3-6-11(8-10)16(18)19/h2-8H,1H3,(H,15,17). The number of hydrogen-bond acceptors (Lipinski definition) is 4. The van der Waals surface area contributed by atoms with Gasteiger partial charge in [0.25, 0.3) is 11.6 Å². The van der Waals surface area contributed by atoms with E-state index in [1.54, 1.807) is 31.2 Å². The number of aryl methyl sites for hydroxylation is 1. The van der Waals surface area contributed by atoms with Crippen LogP contribution in [0.15, 0.2) is 42.5 Å². The van der Waals surface area contributed by atoms with E-state index in [1.165, 1.54) is 18.2 Å². The Hall–Kier alpha value is -2.76. The number of nitrogens with one attached hydrogen (secondary N) is 1. The molecule has 1 aromatic heterocycles. The monoisotopic (exact) mass is 257 g/mol. The number of rotatable bonds is 3. The molecule has 1 aromatic carbocycles. The Labute approximate surface area is 109 Å². The minimum atomic E-state index is -0.513. The van der Waals surface area contributed by atoms with Crippen molar-refractivity contribution in [3.63, 3.8) is 0 Å². The Morgan fingerprint density at radius 2 is 2.00 bits per heavy atom. The third-order valence-corrected chi connectivity index (χ3v) is 2.44. The van der Waals surface area contributed by atoms with Gasteiger partial charge in [0, 0.05) is 23.5 Å². The maximum atomic E-state index is 11.9. The third-order valence-electron chi connectivity index (χ3n) is 2.44. The summed E-state index contributed by atoms with van der Waals surface area (Å²) in [5.41, 5.74) is 1.29. The number of anilines is 1. The summed E-state index contributed by atoms with van der Waals surface area (Å²) in [6.45, 7) is 1.78. The number of nitro groups is 1. The topological polar surface area (TPSA) is 85.1 Å². The van der Waals surface area contributed by atoms with Crippen molar-refractivity contribution in [3.05, 3.63) is 64.0 Å². The molecular weight excluding hydrogens is 246 g/mol. The molecule has 0 spiro atoms. The maximum absolute atomic E-state index is 11.9. The molecule has 6 nitrogen and oxygen atoms in total. The minimum Gasteiger partial charge on any atom is -0.320 e. The molecule has 0 atom stereocenters. The van der Waals surface area contributed by atoms with Gasteiger partial charge in [0.1, 0.15) is 5.69 Å². The van der Waals surface area contributed by atoms with Crippen LogP contribution < -0.4 is 5.32 Å². The maximum Gasteiger partial charge on any atom is 0.274 e. The second-order valence-electron chi connectivity index (χ2n) is 3.93. The first-order chi connectivity index (χ1) is 9.06. The number of amides is 1. The molecular formula is C13H11N3O3. The minimum absolute atomic E-state index is 0.0741. The summed E-state index contributed by atoms with van der Waals surface area (Å²) in [4.78, 5) is 26.1. The number of carbonyl (C=O) groups is 1. The Morgan fingerprint density at radius 3 is 2.68 bits per heavy atom. The van der Waals surface area contributed by atoms with E-state index < -0.39 is 10.8 Å². The molecule has 6 heteroatoms. The zero-order valence-electron chi connectivity index (χ0n) is 10.2. The Bertz CT molecular complexity index is 641. The molecule has 0 radical (unpaired) electrons. The molecule has 0 unspecified atom stereocenters. The van der Waals surface area contributed by atoms with E-state index in [4.69, 9.17) is 0 Å². The number of benzene rings is 1. The SMILES string of the molecule is Cc1cccc(C(=O)Nc2cccc([N+](=O)[O-])c2)n1. The van der Waals surface area contributed by atoms with Crippen LogP contribution in [0.25, 0.3) is 0 Å². The van der Waals surface area contributed by atoms with E-state index in [2.05, 4.69) is 10.3 Å². The molecule has 1 amide bonds. The Balaban J connectivity index is 2.19. The van der Waals surface area contributed by atoms with Crippen LogP contribution in [0.4, 0.5) is 11.4 Å². The number of carbonyl (C=O) groups excluding carboxylic acids is 1. The van der Waals surface area contributed by atoms with Crippen molar-refractivity contribution in [3.8, 4) is 0 Å². The van der Waals surface area contributed by atoms with Gasteiger partial charge in [0.2, 0.25) is 0 Å². The summed E-state index contributed by atoms with van der Waals surface area (Å²) in [5, 5.41) is 13.2. The molecule has 96 valence electrons. The average molecular weight is 257 g/mol. The normalized spacial score (nSPS) is 9.95. The van der Waals surface area contributed by atoms with E-state index in [1.807, 2.05) is 0 Å². The van der Waals surface area contributed by atoms with Gasteiger partial charge in [-0.25, -0.2) is 4.98 Å². The Morgan fingerprint density at radius 1 is 1.26 bits per heavy atom. The zero-order valence-corrected chi connectivity index (χ0v) is 10.2. The van der Waals surface area contributed by atoms with Gasteiger partial charge in [-0.3, -0.25) is 14.9 Å². The number of hydrogen-bond donors (Lipinski definition) is 1. The molecule has 0 saturated carbocycles. The molecule has 19 heavy (non-hydrogen) atoms. The van der Waals surface area contributed by atoms with Crippen molar-refractivity contribution in [2.45, 2.75) is 6.92 Å². The molecule has 0 aliphatic rings. The van der Waals surface area contributed by atoms with E-state index in [0.29, 0.717) is 5.69 Å². The second kappa shape index (κ2) is 5.26. The van der Waals surface area contributed by atoms with Crippen LogP contribution in [-0.2, 0) is 0 Å². The highest BCUT2D eigenvalue weighted by molar-refractivity contribution is 6.03. The number of nitrogens with zero attached hydrogens (tertiary/aromatic N) is 2. The lowest BCUT2D eigenvalue weighted by molar-refractivity contribution is -0.384. The first-order valence-corrected chi connectivity index (χ1v) is 5.56. The average Bonchev–Trinajstić information content (AvgIpc) is 2.39. The predicted octanol–water partition coefficient (Wildman–Crippen LogP) is 2.55. The zero-order chi connectivity index (χ0) is 13.8. The van der Waals surface area contributed by atoms with Gasteiger partial charge in [0.15, 0.2) is 0 Å². The third kappa shape index (κ3) is 3.12. The van der Waals surface area contributed by atoms with Crippen LogP contribution in [0.3, 0.4) is 0 Å². The number of nitro benzene ring substituents is 1. The highest BCUT2D eigenvalue weighted by Crippen LogP contribution is 2.17. The highest BCUT2D eigenvalue weighted by Gasteiger charge is 2.10. The van der Waals surface area contributed by atoms with Crippen molar-refractivity contribution in [2.75, 3.05) is 5.32 Å². The lowest BCUT2D eigenvalue weighted by atomic mass is 10.2. The van der Waals surface area contributed by atoms with Crippen LogP contribution >= 0.6 is 0 Å². The summed E-state index contributed by atoms with van der Waals surface area (Å²) in [6, 6.07) is 10.8. The number of aromatic nitrogens is 1. The van der Waals surface area contributed by atoms with E-state index in [-0.39, 0.29) is 11.4 Å².